The Morgan fingerprint density at radius 2 is 2.03 bits per heavy atom. The van der Waals surface area contributed by atoms with Crippen LogP contribution in [0.15, 0.2) is 42.5 Å². The molecule has 2 N–H and O–H groups in total. The van der Waals surface area contributed by atoms with Crippen LogP contribution >= 0.6 is 11.3 Å². The number of aliphatic hydroxyl groups is 1. The van der Waals surface area contributed by atoms with E-state index in [2.05, 4.69) is 20.3 Å². The van der Waals surface area contributed by atoms with Gasteiger partial charge in [-0.25, -0.2) is 0 Å². The molecule has 0 radical (unpaired) electrons. The van der Waals surface area contributed by atoms with Gasteiger partial charge in [-0.05, 0) is 43.3 Å². The van der Waals surface area contributed by atoms with Crippen LogP contribution in [0.5, 0.6) is 11.5 Å². The van der Waals surface area contributed by atoms with Crippen LogP contribution in [0.4, 0.5) is 29.7 Å². The molecule has 32 heavy (non-hydrogen) atoms. The molecule has 2 aromatic carbocycles. The molecule has 12 heteroatoms. The highest BCUT2D eigenvalue weighted by Crippen LogP contribution is 2.42. The molecule has 0 fully saturated rings. The molecule has 1 atom stereocenters. The van der Waals surface area contributed by atoms with Crippen molar-refractivity contribution in [3.8, 4) is 11.5 Å². The zero-order valence-corrected chi connectivity index (χ0v) is 17.4. The minimum absolute atomic E-state index is 0.121. The number of benzene rings is 2. The number of alkyl halides is 3. The van der Waals surface area contributed by atoms with Crippen molar-refractivity contribution in [3.63, 3.8) is 0 Å². The highest BCUT2D eigenvalue weighted by atomic mass is 32.1. The van der Waals surface area contributed by atoms with Gasteiger partial charge in [0.1, 0.15) is 17.4 Å². The molecule has 4 rings (SSSR count). The molecular weight excluding hydrogens is 449 g/mol. The molecule has 0 unspecified atom stereocenters. The molecule has 2 heterocycles. The maximum atomic E-state index is 12.9. The molecule has 0 bridgehead atoms. The molecule has 3 aromatic rings. The number of aryl methyl sites for hydroxylation is 1. The molecule has 0 saturated carbocycles. The first kappa shape index (κ1) is 21.8. The topological polar surface area (TPSA) is 96.8 Å². The molecule has 1 amide bonds. The van der Waals surface area contributed by atoms with E-state index in [-0.39, 0.29) is 24.5 Å². The minimum Gasteiger partial charge on any atom is -0.488 e. The van der Waals surface area contributed by atoms with Crippen LogP contribution in [0, 0.1) is 6.92 Å². The standard InChI is InChI=1S/C20H17F3N4O4S/c1-11-25-26-19(32-11)27-13(9-28)10-30-17-15(3-2-4-16(17)27)18(29)24-12-5-7-14(8-6-12)31-20(21,22)23/h2-8,13,28H,9-10H2,1H3,(H,24,29)/t13-/m0/s1. The number of nitrogens with zero attached hydrogens (tertiary/aromatic N) is 3. The largest absolute Gasteiger partial charge is 0.573 e. The van der Waals surface area contributed by atoms with E-state index in [9.17, 15) is 23.1 Å². The second-order valence-electron chi connectivity index (χ2n) is 6.80. The van der Waals surface area contributed by atoms with Gasteiger partial charge in [0.2, 0.25) is 5.13 Å². The van der Waals surface area contributed by atoms with Crippen molar-refractivity contribution in [2.24, 2.45) is 0 Å². The van der Waals surface area contributed by atoms with Crippen LogP contribution in [-0.2, 0) is 0 Å². The fourth-order valence-corrected chi connectivity index (χ4v) is 3.98. The molecular formula is C20H17F3N4O4S. The van der Waals surface area contributed by atoms with Crippen LogP contribution < -0.4 is 19.7 Å². The predicted octanol–water partition coefficient (Wildman–Crippen LogP) is 3.89. The number of amides is 1. The predicted molar refractivity (Wildman–Crippen MR) is 111 cm³/mol. The third kappa shape index (κ3) is 4.60. The average Bonchev–Trinajstić information content (AvgIpc) is 3.18. The third-order valence-electron chi connectivity index (χ3n) is 4.56. The first-order valence-corrected chi connectivity index (χ1v) is 10.2. The lowest BCUT2D eigenvalue weighted by Gasteiger charge is -2.36. The Labute approximate surface area is 184 Å². The second kappa shape index (κ2) is 8.63. The molecule has 0 saturated heterocycles. The number of hydrogen-bond donors (Lipinski definition) is 2. The van der Waals surface area contributed by atoms with Gasteiger partial charge in [-0.2, -0.15) is 0 Å². The summed E-state index contributed by atoms with van der Waals surface area (Å²) in [6.07, 6.45) is -4.80. The lowest BCUT2D eigenvalue weighted by Crippen LogP contribution is -2.43. The Kier molecular flexibility index (Phi) is 5.89. The monoisotopic (exact) mass is 466 g/mol. The van der Waals surface area contributed by atoms with E-state index in [1.165, 1.54) is 23.5 Å². The number of aromatic nitrogens is 2. The molecule has 1 aliphatic heterocycles. The molecule has 0 aliphatic carbocycles. The maximum absolute atomic E-state index is 12.9. The number of carbonyl (C=O) groups is 1. The Balaban J connectivity index is 1.60. The molecule has 1 aromatic heterocycles. The van der Waals surface area contributed by atoms with E-state index in [0.717, 1.165) is 17.1 Å². The van der Waals surface area contributed by atoms with Crippen LogP contribution in [-0.4, -0.2) is 46.8 Å². The highest BCUT2D eigenvalue weighted by molar-refractivity contribution is 7.15. The van der Waals surface area contributed by atoms with Gasteiger partial charge >= 0.3 is 6.36 Å². The molecule has 168 valence electrons. The summed E-state index contributed by atoms with van der Waals surface area (Å²) in [5, 5.41) is 21.9. The number of halogens is 3. The van der Waals surface area contributed by atoms with Crippen LogP contribution in [0.1, 0.15) is 15.4 Å². The lowest BCUT2D eigenvalue weighted by atomic mass is 10.1. The number of anilines is 3. The number of rotatable bonds is 5. The van der Waals surface area contributed by atoms with E-state index in [1.807, 2.05) is 6.92 Å². The van der Waals surface area contributed by atoms with Crippen molar-refractivity contribution in [1.29, 1.82) is 0 Å². The van der Waals surface area contributed by atoms with E-state index in [1.54, 1.807) is 23.1 Å². The summed E-state index contributed by atoms with van der Waals surface area (Å²) in [7, 11) is 0. The van der Waals surface area contributed by atoms with Gasteiger partial charge in [-0.3, -0.25) is 4.79 Å². The van der Waals surface area contributed by atoms with E-state index in [0.29, 0.717) is 16.6 Å². The van der Waals surface area contributed by atoms with E-state index >= 15 is 0 Å². The van der Waals surface area contributed by atoms with Crippen LogP contribution in [0.2, 0.25) is 0 Å². The van der Waals surface area contributed by atoms with Crippen molar-refractivity contribution in [2.75, 3.05) is 23.4 Å². The quantitative estimate of drug-likeness (QED) is 0.589. The normalized spacial score (nSPS) is 15.7. The van der Waals surface area contributed by atoms with Crippen molar-refractivity contribution in [1.82, 2.24) is 10.2 Å². The fourth-order valence-electron chi connectivity index (χ4n) is 3.21. The summed E-state index contributed by atoms with van der Waals surface area (Å²) in [4.78, 5) is 14.7. The number of ether oxygens (including phenoxy) is 2. The number of hydrogen-bond acceptors (Lipinski definition) is 8. The third-order valence-corrected chi connectivity index (χ3v) is 5.40. The Morgan fingerprint density at radius 1 is 1.28 bits per heavy atom. The minimum atomic E-state index is -4.80. The Hall–Kier alpha value is -3.38. The summed E-state index contributed by atoms with van der Waals surface area (Å²) in [5.41, 5.74) is 1.05. The molecule has 8 nitrogen and oxygen atoms in total. The molecule has 0 spiro atoms. The number of nitrogens with one attached hydrogen (secondary N) is 1. The van der Waals surface area contributed by atoms with Crippen molar-refractivity contribution < 1.29 is 32.5 Å². The summed E-state index contributed by atoms with van der Waals surface area (Å²) in [5.74, 6) is -0.601. The average molecular weight is 466 g/mol. The summed E-state index contributed by atoms with van der Waals surface area (Å²) >= 11 is 1.34. The van der Waals surface area contributed by atoms with Gasteiger partial charge in [0, 0.05) is 5.69 Å². The van der Waals surface area contributed by atoms with Gasteiger partial charge in [0.05, 0.1) is 23.9 Å². The summed E-state index contributed by atoms with van der Waals surface area (Å²) < 4.78 is 46.6. The number of para-hydroxylation sites is 1. The number of carbonyl (C=O) groups excluding carboxylic acids is 1. The number of aliphatic hydroxyl groups excluding tert-OH is 1. The number of fused-ring (bicyclic) bond motifs is 1. The van der Waals surface area contributed by atoms with E-state index < -0.39 is 24.1 Å². The smallest absolute Gasteiger partial charge is 0.488 e. The van der Waals surface area contributed by atoms with Gasteiger partial charge in [0.15, 0.2) is 5.75 Å². The second-order valence-corrected chi connectivity index (χ2v) is 7.96. The van der Waals surface area contributed by atoms with Gasteiger partial charge in [-0.1, -0.05) is 17.4 Å². The van der Waals surface area contributed by atoms with Gasteiger partial charge < -0.3 is 24.8 Å². The zero-order chi connectivity index (χ0) is 22.9. The van der Waals surface area contributed by atoms with Crippen LogP contribution in [0.25, 0.3) is 0 Å². The SMILES string of the molecule is Cc1nnc(N2c3cccc(C(=O)Nc4ccc(OC(F)(F)F)cc4)c3OC[C@@H]2CO)s1. The summed E-state index contributed by atoms with van der Waals surface area (Å²) in [6, 6.07) is 9.37. The summed E-state index contributed by atoms with van der Waals surface area (Å²) in [6.45, 7) is 1.74. The highest BCUT2D eigenvalue weighted by Gasteiger charge is 2.33. The van der Waals surface area contributed by atoms with E-state index in [4.69, 9.17) is 4.74 Å². The van der Waals surface area contributed by atoms with Gasteiger partial charge in [0.25, 0.3) is 5.91 Å². The lowest BCUT2D eigenvalue weighted by molar-refractivity contribution is -0.274. The first-order chi connectivity index (χ1) is 15.2. The van der Waals surface area contributed by atoms with Crippen molar-refractivity contribution in [2.45, 2.75) is 19.3 Å². The Morgan fingerprint density at radius 3 is 2.66 bits per heavy atom. The van der Waals surface area contributed by atoms with Crippen molar-refractivity contribution in [3.05, 3.63) is 53.0 Å². The fraction of sp³-hybridized carbons (Fsp3) is 0.250. The first-order valence-electron chi connectivity index (χ1n) is 9.38. The zero-order valence-electron chi connectivity index (χ0n) is 16.6. The molecule has 1 aliphatic rings. The Bertz CT molecular complexity index is 1120. The van der Waals surface area contributed by atoms with Crippen LogP contribution in [0.3, 0.4) is 0 Å². The van der Waals surface area contributed by atoms with Crippen molar-refractivity contribution >= 4 is 33.8 Å². The van der Waals surface area contributed by atoms with Gasteiger partial charge in [-0.15, -0.1) is 23.4 Å². The maximum Gasteiger partial charge on any atom is 0.573 e.